The summed E-state index contributed by atoms with van der Waals surface area (Å²) in [4.78, 5) is 29.9. The first-order chi connectivity index (χ1) is 16.9. The van der Waals surface area contributed by atoms with E-state index in [0.717, 1.165) is 22.3 Å². The van der Waals surface area contributed by atoms with Crippen molar-refractivity contribution in [3.05, 3.63) is 63.9 Å². The van der Waals surface area contributed by atoms with Crippen molar-refractivity contribution in [2.24, 2.45) is 5.73 Å². The van der Waals surface area contributed by atoms with E-state index in [2.05, 4.69) is 19.9 Å². The van der Waals surface area contributed by atoms with Gasteiger partial charge in [-0.15, -0.1) is 0 Å². The molecule has 0 aliphatic heterocycles. The van der Waals surface area contributed by atoms with E-state index in [0.29, 0.717) is 34.4 Å². The number of nitrogens with two attached hydrogens (primary N) is 2. The first-order valence-electron chi connectivity index (χ1n) is 11.9. The molecule has 1 saturated carbocycles. The van der Waals surface area contributed by atoms with Gasteiger partial charge in [-0.3, -0.25) is 14.3 Å². The highest BCUT2D eigenvalue weighted by atomic mass is 35.5. The Morgan fingerprint density at radius 1 is 1.06 bits per heavy atom. The van der Waals surface area contributed by atoms with Crippen LogP contribution in [0.4, 0.5) is 5.95 Å². The molecule has 9 heteroatoms. The Morgan fingerprint density at radius 2 is 1.83 bits per heavy atom. The average molecular weight is 492 g/mol. The molecule has 3 heterocycles. The molecule has 1 fully saturated rings. The quantitative estimate of drug-likeness (QED) is 0.423. The van der Waals surface area contributed by atoms with Crippen LogP contribution in [0.15, 0.2) is 47.7 Å². The molecule has 35 heavy (non-hydrogen) atoms. The maximum atomic E-state index is 13.1. The van der Waals surface area contributed by atoms with Gasteiger partial charge in [-0.25, -0.2) is 9.97 Å². The van der Waals surface area contributed by atoms with Crippen LogP contribution in [-0.4, -0.2) is 30.5 Å². The number of hydrogen-bond donors (Lipinski definition) is 2. The molecule has 1 aromatic carbocycles. The zero-order chi connectivity index (χ0) is 24.9. The van der Waals surface area contributed by atoms with Crippen molar-refractivity contribution >= 4 is 28.6 Å². The van der Waals surface area contributed by atoms with E-state index in [1.807, 2.05) is 26.0 Å². The Hall–Kier alpha value is -3.36. The molecule has 3 aromatic heterocycles. The van der Waals surface area contributed by atoms with Gasteiger partial charge in [-0.05, 0) is 38.8 Å². The first-order valence-corrected chi connectivity index (χ1v) is 12.3. The Balaban J connectivity index is 0.000000356. The second-order valence-corrected chi connectivity index (χ2v) is 9.16. The SMILES string of the molecule is CCn1c(=O)c(-c2ccc(-c3cncc(C)n3)cc2Cl)cc2cnc(N)nc21.NC1CCCCC1. The summed E-state index contributed by atoms with van der Waals surface area (Å²) in [6.45, 7) is 4.21. The third kappa shape index (κ3) is 5.66. The van der Waals surface area contributed by atoms with Crippen molar-refractivity contribution in [2.45, 2.75) is 58.5 Å². The lowest BCUT2D eigenvalue weighted by molar-refractivity contribution is 0.441. The van der Waals surface area contributed by atoms with E-state index < -0.39 is 0 Å². The number of anilines is 1. The van der Waals surface area contributed by atoms with Crippen LogP contribution < -0.4 is 17.0 Å². The third-order valence-electron chi connectivity index (χ3n) is 6.12. The van der Waals surface area contributed by atoms with Gasteiger partial charge in [0.25, 0.3) is 5.56 Å². The van der Waals surface area contributed by atoms with Gasteiger partial charge < -0.3 is 11.5 Å². The zero-order valence-electron chi connectivity index (χ0n) is 20.0. The molecule has 4 N–H and O–H groups in total. The fourth-order valence-corrected chi connectivity index (χ4v) is 4.57. The number of halogens is 1. The van der Waals surface area contributed by atoms with E-state index in [9.17, 15) is 4.79 Å². The van der Waals surface area contributed by atoms with Crippen molar-refractivity contribution in [1.29, 1.82) is 0 Å². The molecule has 0 saturated heterocycles. The minimum atomic E-state index is -0.182. The highest BCUT2D eigenvalue weighted by Crippen LogP contribution is 2.31. The number of aromatic nitrogens is 5. The topological polar surface area (TPSA) is 126 Å². The van der Waals surface area contributed by atoms with Gasteiger partial charge in [0, 0.05) is 52.1 Å². The fraction of sp³-hybridized carbons (Fsp3) is 0.346. The molecule has 1 aliphatic carbocycles. The fourth-order valence-electron chi connectivity index (χ4n) is 4.29. The van der Waals surface area contributed by atoms with Gasteiger partial charge in [0.15, 0.2) is 0 Å². The van der Waals surface area contributed by atoms with Crippen LogP contribution >= 0.6 is 11.6 Å². The van der Waals surface area contributed by atoms with Crippen LogP contribution in [0.25, 0.3) is 33.4 Å². The minimum absolute atomic E-state index is 0.128. The highest BCUT2D eigenvalue weighted by molar-refractivity contribution is 6.33. The molecule has 0 atom stereocenters. The van der Waals surface area contributed by atoms with E-state index >= 15 is 0 Å². The Labute approximate surface area is 209 Å². The number of aryl methyl sites for hydroxylation is 2. The van der Waals surface area contributed by atoms with Gasteiger partial charge in [0.1, 0.15) is 5.65 Å². The molecule has 0 spiro atoms. The molecular formula is C26H30ClN7O. The Kier molecular flexibility index (Phi) is 7.73. The summed E-state index contributed by atoms with van der Waals surface area (Å²) < 4.78 is 1.57. The molecule has 0 unspecified atom stereocenters. The molecule has 1 aliphatic rings. The number of pyridine rings is 1. The van der Waals surface area contributed by atoms with Crippen molar-refractivity contribution in [3.8, 4) is 22.4 Å². The normalized spacial score (nSPS) is 13.9. The standard InChI is InChI=1S/C20H17ClN6O.C6H13N/c1-3-27-18-13(9-24-20(22)26-18)6-15(19(27)28)14-5-4-12(7-16(14)21)17-10-23-8-11(2)25-17;7-6-4-2-1-3-5-6/h4-10H,3H2,1-2H3,(H2,22,24,26);6H,1-5,7H2. The smallest absolute Gasteiger partial charge is 0.260 e. The van der Waals surface area contributed by atoms with Crippen LogP contribution in [0.5, 0.6) is 0 Å². The largest absolute Gasteiger partial charge is 0.368 e. The van der Waals surface area contributed by atoms with Crippen molar-refractivity contribution in [2.75, 3.05) is 5.73 Å². The van der Waals surface area contributed by atoms with Crippen LogP contribution in [0.2, 0.25) is 5.02 Å². The molecular weight excluding hydrogens is 462 g/mol. The number of nitrogens with zero attached hydrogens (tertiary/aromatic N) is 5. The monoisotopic (exact) mass is 491 g/mol. The summed E-state index contributed by atoms with van der Waals surface area (Å²) in [6, 6.07) is 7.77. The van der Waals surface area contributed by atoms with E-state index in [-0.39, 0.29) is 11.5 Å². The van der Waals surface area contributed by atoms with E-state index in [1.165, 1.54) is 32.1 Å². The van der Waals surface area contributed by atoms with Crippen LogP contribution in [0.3, 0.4) is 0 Å². The van der Waals surface area contributed by atoms with Crippen LogP contribution in [0.1, 0.15) is 44.7 Å². The Bertz CT molecular complexity index is 1400. The first kappa shape index (κ1) is 24.8. The lowest BCUT2D eigenvalue weighted by Crippen LogP contribution is -2.22. The summed E-state index contributed by atoms with van der Waals surface area (Å²) in [5.74, 6) is 0.128. The van der Waals surface area contributed by atoms with Gasteiger partial charge in [0.05, 0.1) is 17.6 Å². The predicted molar refractivity (Wildman–Crippen MR) is 141 cm³/mol. The lowest BCUT2D eigenvalue weighted by Gasteiger charge is -2.15. The second kappa shape index (κ2) is 10.9. The average Bonchev–Trinajstić information content (AvgIpc) is 2.85. The third-order valence-corrected chi connectivity index (χ3v) is 6.43. The number of nitrogen functional groups attached to an aromatic ring is 1. The molecule has 0 amide bonds. The van der Waals surface area contributed by atoms with Crippen LogP contribution in [0, 0.1) is 6.92 Å². The molecule has 4 aromatic rings. The maximum Gasteiger partial charge on any atom is 0.260 e. The number of fused-ring (bicyclic) bond motifs is 1. The lowest BCUT2D eigenvalue weighted by atomic mass is 9.97. The van der Waals surface area contributed by atoms with Crippen molar-refractivity contribution < 1.29 is 0 Å². The zero-order valence-corrected chi connectivity index (χ0v) is 20.8. The number of benzene rings is 1. The Morgan fingerprint density at radius 3 is 2.46 bits per heavy atom. The molecule has 182 valence electrons. The van der Waals surface area contributed by atoms with Crippen molar-refractivity contribution in [3.63, 3.8) is 0 Å². The molecule has 0 radical (unpaired) electrons. The molecule has 5 rings (SSSR count). The van der Waals surface area contributed by atoms with E-state index in [4.69, 9.17) is 23.1 Å². The van der Waals surface area contributed by atoms with E-state index in [1.54, 1.807) is 35.3 Å². The van der Waals surface area contributed by atoms with Gasteiger partial charge >= 0.3 is 0 Å². The molecule has 8 nitrogen and oxygen atoms in total. The maximum absolute atomic E-state index is 13.1. The predicted octanol–water partition coefficient (Wildman–Crippen LogP) is 4.76. The van der Waals surface area contributed by atoms with Gasteiger partial charge in [-0.2, -0.15) is 4.98 Å². The number of rotatable bonds is 3. The minimum Gasteiger partial charge on any atom is -0.368 e. The summed E-state index contributed by atoms with van der Waals surface area (Å²) >= 11 is 6.55. The van der Waals surface area contributed by atoms with Crippen molar-refractivity contribution in [1.82, 2.24) is 24.5 Å². The summed E-state index contributed by atoms with van der Waals surface area (Å²) in [7, 11) is 0. The summed E-state index contributed by atoms with van der Waals surface area (Å²) in [6.07, 6.45) is 11.6. The summed E-state index contributed by atoms with van der Waals surface area (Å²) in [5, 5.41) is 1.17. The van der Waals surface area contributed by atoms with Gasteiger partial charge in [-0.1, -0.05) is 43.0 Å². The second-order valence-electron chi connectivity index (χ2n) is 8.75. The highest BCUT2D eigenvalue weighted by Gasteiger charge is 2.15. The molecule has 0 bridgehead atoms. The number of hydrogen-bond acceptors (Lipinski definition) is 7. The summed E-state index contributed by atoms with van der Waals surface area (Å²) in [5.41, 5.74) is 15.1. The van der Waals surface area contributed by atoms with Crippen LogP contribution in [-0.2, 0) is 6.54 Å². The van der Waals surface area contributed by atoms with Gasteiger partial charge in [0.2, 0.25) is 5.95 Å².